The van der Waals surface area contributed by atoms with Crippen LogP contribution in [0.4, 0.5) is 0 Å². The quantitative estimate of drug-likeness (QED) is 0.378. The molecule has 0 unspecified atom stereocenters. The molecule has 0 nitrogen and oxygen atoms in total. The van der Waals surface area contributed by atoms with Crippen molar-refractivity contribution in [1.82, 2.24) is 0 Å². The molecule has 0 bridgehead atoms. The number of benzene rings is 4. The van der Waals surface area contributed by atoms with Crippen LogP contribution in [0.15, 0.2) is 85.4 Å². The van der Waals surface area contributed by atoms with Crippen molar-refractivity contribution in [3.05, 3.63) is 91.0 Å². The van der Waals surface area contributed by atoms with Gasteiger partial charge >= 0.3 is 0 Å². The molecule has 0 heteroatoms. The van der Waals surface area contributed by atoms with Crippen LogP contribution in [0.5, 0.6) is 0 Å². The van der Waals surface area contributed by atoms with E-state index in [-0.39, 0.29) is 0 Å². The highest BCUT2D eigenvalue weighted by Crippen LogP contribution is 2.33. The normalized spacial score (nSPS) is 10.9. The molecule has 0 amide bonds. The zero-order chi connectivity index (χ0) is 14.9. The Kier molecular flexibility index (Phi) is 3.01. The van der Waals surface area contributed by atoms with E-state index in [1.165, 1.54) is 38.2 Å². The lowest BCUT2D eigenvalue weighted by molar-refractivity contribution is 1.62. The SMILES string of the molecule is C=Cc1ccccc1-c1cccc2cc3ccccc3cc12. The van der Waals surface area contributed by atoms with Gasteiger partial charge in [-0.1, -0.05) is 79.4 Å². The van der Waals surface area contributed by atoms with Gasteiger partial charge < -0.3 is 0 Å². The first-order valence-corrected chi connectivity index (χ1v) is 7.50. The lowest BCUT2D eigenvalue weighted by atomic mass is 9.93. The van der Waals surface area contributed by atoms with Crippen molar-refractivity contribution in [3.63, 3.8) is 0 Å². The fourth-order valence-corrected chi connectivity index (χ4v) is 3.12. The zero-order valence-electron chi connectivity index (χ0n) is 12.3. The highest BCUT2D eigenvalue weighted by Gasteiger charge is 2.07. The van der Waals surface area contributed by atoms with E-state index in [2.05, 4.69) is 85.4 Å². The van der Waals surface area contributed by atoms with E-state index in [0.717, 1.165) is 0 Å². The van der Waals surface area contributed by atoms with Gasteiger partial charge in [0, 0.05) is 0 Å². The smallest absolute Gasteiger partial charge is 0.00988 e. The predicted octanol–water partition coefficient (Wildman–Crippen LogP) is 6.30. The van der Waals surface area contributed by atoms with Gasteiger partial charge in [-0.15, -0.1) is 0 Å². The van der Waals surface area contributed by atoms with E-state index >= 15 is 0 Å². The highest BCUT2D eigenvalue weighted by atomic mass is 14.1. The molecule has 4 aromatic carbocycles. The monoisotopic (exact) mass is 280 g/mol. The van der Waals surface area contributed by atoms with E-state index in [0.29, 0.717) is 0 Å². The van der Waals surface area contributed by atoms with Gasteiger partial charge in [-0.3, -0.25) is 0 Å². The Balaban J connectivity index is 2.09. The summed E-state index contributed by atoms with van der Waals surface area (Å²) in [6.07, 6.45) is 1.93. The van der Waals surface area contributed by atoms with Gasteiger partial charge in [0.15, 0.2) is 0 Å². The Bertz CT molecular complexity index is 993. The second-order valence-electron chi connectivity index (χ2n) is 5.52. The van der Waals surface area contributed by atoms with Gasteiger partial charge in [-0.25, -0.2) is 0 Å². The minimum atomic E-state index is 1.17. The molecule has 4 rings (SSSR count). The molecule has 0 aliphatic heterocycles. The van der Waals surface area contributed by atoms with Gasteiger partial charge in [0.1, 0.15) is 0 Å². The molecular weight excluding hydrogens is 264 g/mol. The number of rotatable bonds is 2. The highest BCUT2D eigenvalue weighted by molar-refractivity contribution is 6.05. The van der Waals surface area contributed by atoms with E-state index in [4.69, 9.17) is 0 Å². The third-order valence-electron chi connectivity index (χ3n) is 4.22. The molecule has 0 fully saturated rings. The van der Waals surface area contributed by atoms with Gasteiger partial charge in [0.05, 0.1) is 0 Å². The second kappa shape index (κ2) is 5.16. The predicted molar refractivity (Wildman–Crippen MR) is 97.0 cm³/mol. The fraction of sp³-hybridized carbons (Fsp3) is 0. The molecule has 0 aliphatic carbocycles. The standard InChI is InChI=1S/C22H16/c1-2-16-8-5-6-12-20(16)21-13-7-11-19-14-17-9-3-4-10-18(17)15-22(19)21/h2-15H,1H2. The summed E-state index contributed by atoms with van der Waals surface area (Å²) in [5.74, 6) is 0. The fourth-order valence-electron chi connectivity index (χ4n) is 3.12. The maximum atomic E-state index is 3.95. The average molecular weight is 280 g/mol. The molecule has 0 atom stereocenters. The van der Waals surface area contributed by atoms with E-state index in [1.807, 2.05) is 6.08 Å². The molecular formula is C22H16. The Morgan fingerprint density at radius 1 is 0.591 bits per heavy atom. The molecule has 22 heavy (non-hydrogen) atoms. The summed E-state index contributed by atoms with van der Waals surface area (Å²) in [4.78, 5) is 0. The average Bonchev–Trinajstić information content (AvgIpc) is 2.59. The largest absolute Gasteiger partial charge is 0.0984 e. The summed E-state index contributed by atoms with van der Waals surface area (Å²) in [6, 6.07) is 28.0. The van der Waals surface area contributed by atoms with Crippen molar-refractivity contribution in [1.29, 1.82) is 0 Å². The second-order valence-corrected chi connectivity index (χ2v) is 5.52. The minimum absolute atomic E-state index is 1.17. The zero-order valence-corrected chi connectivity index (χ0v) is 12.3. The van der Waals surface area contributed by atoms with E-state index in [1.54, 1.807) is 0 Å². The summed E-state index contributed by atoms with van der Waals surface area (Å²) in [7, 11) is 0. The lowest BCUT2D eigenvalue weighted by Crippen LogP contribution is -1.85. The van der Waals surface area contributed by atoms with Crippen molar-refractivity contribution < 1.29 is 0 Å². The van der Waals surface area contributed by atoms with Gasteiger partial charge in [0.25, 0.3) is 0 Å². The minimum Gasteiger partial charge on any atom is -0.0984 e. The maximum Gasteiger partial charge on any atom is -0.00988 e. The molecule has 0 saturated heterocycles. The third kappa shape index (κ3) is 2.01. The van der Waals surface area contributed by atoms with Crippen LogP contribution in [-0.4, -0.2) is 0 Å². The molecule has 0 N–H and O–H groups in total. The van der Waals surface area contributed by atoms with Crippen LogP contribution in [-0.2, 0) is 0 Å². The van der Waals surface area contributed by atoms with E-state index < -0.39 is 0 Å². The van der Waals surface area contributed by atoms with Gasteiger partial charge in [-0.05, 0) is 50.4 Å². The van der Waals surface area contributed by atoms with Crippen molar-refractivity contribution in [2.75, 3.05) is 0 Å². The molecule has 0 radical (unpaired) electrons. The lowest BCUT2D eigenvalue weighted by Gasteiger charge is -2.11. The first kappa shape index (κ1) is 12.8. The maximum absolute atomic E-state index is 3.95. The van der Waals surface area contributed by atoms with E-state index in [9.17, 15) is 0 Å². The van der Waals surface area contributed by atoms with Gasteiger partial charge in [-0.2, -0.15) is 0 Å². The van der Waals surface area contributed by atoms with Crippen molar-refractivity contribution in [2.24, 2.45) is 0 Å². The van der Waals surface area contributed by atoms with Crippen LogP contribution in [0.3, 0.4) is 0 Å². The number of hydrogen-bond acceptors (Lipinski definition) is 0. The van der Waals surface area contributed by atoms with Crippen LogP contribution in [0.2, 0.25) is 0 Å². The Morgan fingerprint density at radius 3 is 2.05 bits per heavy atom. The van der Waals surface area contributed by atoms with Gasteiger partial charge in [0.2, 0.25) is 0 Å². The Labute approximate surface area is 130 Å². The summed E-state index contributed by atoms with van der Waals surface area (Å²) in [5, 5.41) is 5.12. The number of hydrogen-bond donors (Lipinski definition) is 0. The van der Waals surface area contributed by atoms with Crippen molar-refractivity contribution in [2.45, 2.75) is 0 Å². The summed E-state index contributed by atoms with van der Waals surface area (Å²) in [6.45, 7) is 3.95. The molecule has 0 spiro atoms. The molecule has 0 saturated carbocycles. The van der Waals surface area contributed by atoms with Crippen LogP contribution >= 0.6 is 0 Å². The summed E-state index contributed by atoms with van der Waals surface area (Å²) in [5.41, 5.74) is 3.67. The topological polar surface area (TPSA) is 0 Å². The van der Waals surface area contributed by atoms with Crippen LogP contribution in [0.1, 0.15) is 5.56 Å². The van der Waals surface area contributed by atoms with Crippen molar-refractivity contribution >= 4 is 27.6 Å². The van der Waals surface area contributed by atoms with Crippen molar-refractivity contribution in [3.8, 4) is 11.1 Å². The first-order chi connectivity index (χ1) is 10.9. The molecule has 0 heterocycles. The van der Waals surface area contributed by atoms with Crippen LogP contribution in [0, 0.1) is 0 Å². The van der Waals surface area contributed by atoms with Crippen LogP contribution < -0.4 is 0 Å². The van der Waals surface area contributed by atoms with Crippen LogP contribution in [0.25, 0.3) is 38.7 Å². The molecule has 104 valence electrons. The number of fused-ring (bicyclic) bond motifs is 2. The molecule has 0 aromatic heterocycles. The summed E-state index contributed by atoms with van der Waals surface area (Å²) < 4.78 is 0. The Hall–Kier alpha value is -2.86. The molecule has 4 aromatic rings. The third-order valence-corrected chi connectivity index (χ3v) is 4.22. The Morgan fingerprint density at radius 2 is 1.23 bits per heavy atom. The molecule has 0 aliphatic rings. The first-order valence-electron chi connectivity index (χ1n) is 7.50. The summed E-state index contributed by atoms with van der Waals surface area (Å²) >= 11 is 0.